The number of rotatable bonds is 7. The van der Waals surface area contributed by atoms with E-state index in [4.69, 9.17) is 0 Å². The van der Waals surface area contributed by atoms with Crippen LogP contribution in [-0.2, 0) is 0 Å². The van der Waals surface area contributed by atoms with Gasteiger partial charge >= 0.3 is 0 Å². The highest BCUT2D eigenvalue weighted by Crippen LogP contribution is 2.14. The average molecular weight is 226 g/mol. The number of hydrogen-bond acceptors (Lipinski definition) is 2. The molecule has 0 amide bonds. The number of likely N-dealkylation sites (tertiary alicyclic amines) is 1. The second kappa shape index (κ2) is 8.08. The van der Waals surface area contributed by atoms with E-state index in [1.54, 1.807) is 0 Å². The Balaban J connectivity index is 2.19. The number of hydrogen-bond donors (Lipinski definition) is 1. The summed E-state index contributed by atoms with van der Waals surface area (Å²) < 4.78 is 0. The first kappa shape index (κ1) is 14.0. The summed E-state index contributed by atoms with van der Waals surface area (Å²) in [6.07, 6.45) is 9.50. The van der Waals surface area contributed by atoms with Crippen LogP contribution in [0, 0.1) is 0 Å². The maximum atomic E-state index is 3.76. The Morgan fingerprint density at radius 2 is 2.12 bits per heavy atom. The highest BCUT2D eigenvalue weighted by molar-refractivity contribution is 4.78. The van der Waals surface area contributed by atoms with Gasteiger partial charge in [0.1, 0.15) is 0 Å². The van der Waals surface area contributed by atoms with Crippen LogP contribution in [0.3, 0.4) is 0 Å². The zero-order chi connectivity index (χ0) is 11.8. The van der Waals surface area contributed by atoms with Crippen LogP contribution in [0.15, 0.2) is 0 Å². The van der Waals surface area contributed by atoms with E-state index in [0.29, 0.717) is 0 Å². The van der Waals surface area contributed by atoms with E-state index in [0.717, 1.165) is 12.1 Å². The van der Waals surface area contributed by atoms with E-state index >= 15 is 0 Å². The minimum absolute atomic E-state index is 0.746. The molecule has 0 bridgehead atoms. The summed E-state index contributed by atoms with van der Waals surface area (Å²) >= 11 is 0. The Bertz CT molecular complexity index is 170. The van der Waals surface area contributed by atoms with E-state index in [1.807, 2.05) is 0 Å². The van der Waals surface area contributed by atoms with Gasteiger partial charge in [-0.25, -0.2) is 0 Å². The van der Waals surface area contributed by atoms with Crippen molar-refractivity contribution in [1.82, 2.24) is 10.2 Å². The van der Waals surface area contributed by atoms with Gasteiger partial charge < -0.3 is 10.2 Å². The molecule has 1 fully saturated rings. The molecular formula is C14H30N2. The molecule has 0 aromatic carbocycles. The summed E-state index contributed by atoms with van der Waals surface area (Å²) in [7, 11) is 2.28. The van der Waals surface area contributed by atoms with E-state index < -0.39 is 0 Å². The SMILES string of the molecule is CCCCC(CC)NCC1CCCCN1C. The lowest BCUT2D eigenvalue weighted by atomic mass is 10.0. The molecule has 2 heteroatoms. The van der Waals surface area contributed by atoms with E-state index in [1.165, 1.54) is 58.0 Å². The topological polar surface area (TPSA) is 15.3 Å². The lowest BCUT2D eigenvalue weighted by molar-refractivity contribution is 0.176. The highest BCUT2D eigenvalue weighted by atomic mass is 15.2. The molecule has 2 unspecified atom stereocenters. The molecule has 1 aliphatic heterocycles. The maximum Gasteiger partial charge on any atom is 0.0217 e. The number of piperidine rings is 1. The lowest BCUT2D eigenvalue weighted by Crippen LogP contribution is -2.45. The quantitative estimate of drug-likeness (QED) is 0.718. The van der Waals surface area contributed by atoms with Gasteiger partial charge in [0.15, 0.2) is 0 Å². The van der Waals surface area contributed by atoms with Gasteiger partial charge in [-0.05, 0) is 39.3 Å². The Kier molecular flexibility index (Phi) is 7.06. The van der Waals surface area contributed by atoms with Crippen LogP contribution in [-0.4, -0.2) is 37.1 Å². The zero-order valence-corrected chi connectivity index (χ0v) is 11.5. The number of unbranched alkanes of at least 4 members (excludes halogenated alkanes) is 1. The fourth-order valence-corrected chi connectivity index (χ4v) is 2.61. The standard InChI is InChI=1S/C14H30N2/c1-4-6-9-13(5-2)15-12-14-10-7-8-11-16(14)3/h13-15H,4-12H2,1-3H3. The number of nitrogens with one attached hydrogen (secondary N) is 1. The van der Waals surface area contributed by atoms with Crippen LogP contribution in [0.2, 0.25) is 0 Å². The van der Waals surface area contributed by atoms with Crippen molar-refractivity contribution in [2.24, 2.45) is 0 Å². The van der Waals surface area contributed by atoms with Gasteiger partial charge in [0, 0.05) is 18.6 Å². The van der Waals surface area contributed by atoms with Crippen LogP contribution in [0.1, 0.15) is 58.8 Å². The summed E-state index contributed by atoms with van der Waals surface area (Å²) in [5, 5.41) is 3.76. The zero-order valence-electron chi connectivity index (χ0n) is 11.5. The molecule has 0 saturated carbocycles. The van der Waals surface area contributed by atoms with Crippen molar-refractivity contribution in [1.29, 1.82) is 0 Å². The predicted molar refractivity (Wildman–Crippen MR) is 71.9 cm³/mol. The summed E-state index contributed by atoms with van der Waals surface area (Å²) in [5.74, 6) is 0. The van der Waals surface area contributed by atoms with Crippen molar-refractivity contribution in [3.8, 4) is 0 Å². The molecule has 0 aromatic rings. The average Bonchev–Trinajstić information content (AvgIpc) is 2.31. The molecule has 1 aliphatic rings. The van der Waals surface area contributed by atoms with Gasteiger partial charge in [-0.1, -0.05) is 33.1 Å². The minimum atomic E-state index is 0.746. The molecule has 0 spiro atoms. The van der Waals surface area contributed by atoms with Crippen LogP contribution in [0.4, 0.5) is 0 Å². The Morgan fingerprint density at radius 1 is 1.31 bits per heavy atom. The van der Waals surface area contributed by atoms with Gasteiger partial charge in [-0.3, -0.25) is 0 Å². The summed E-state index contributed by atoms with van der Waals surface area (Å²) in [6.45, 7) is 7.07. The molecule has 1 saturated heterocycles. The Morgan fingerprint density at radius 3 is 2.75 bits per heavy atom. The molecule has 0 radical (unpaired) electrons. The van der Waals surface area contributed by atoms with Crippen molar-refractivity contribution in [3.05, 3.63) is 0 Å². The molecule has 96 valence electrons. The second-order valence-corrected chi connectivity index (χ2v) is 5.29. The van der Waals surface area contributed by atoms with Gasteiger partial charge in [-0.15, -0.1) is 0 Å². The van der Waals surface area contributed by atoms with E-state index in [2.05, 4.69) is 31.1 Å². The molecule has 1 rings (SSSR count). The molecule has 2 atom stereocenters. The predicted octanol–water partition coefficient (Wildman–Crippen LogP) is 3.03. The molecule has 0 aromatic heterocycles. The lowest BCUT2D eigenvalue weighted by Gasteiger charge is -2.33. The van der Waals surface area contributed by atoms with Gasteiger partial charge in [0.2, 0.25) is 0 Å². The first-order valence-electron chi connectivity index (χ1n) is 7.21. The fourth-order valence-electron chi connectivity index (χ4n) is 2.61. The van der Waals surface area contributed by atoms with E-state index in [-0.39, 0.29) is 0 Å². The van der Waals surface area contributed by atoms with Crippen molar-refractivity contribution < 1.29 is 0 Å². The molecule has 1 heterocycles. The largest absolute Gasteiger partial charge is 0.312 e. The third-order valence-corrected chi connectivity index (χ3v) is 3.96. The Hall–Kier alpha value is -0.0800. The van der Waals surface area contributed by atoms with Crippen molar-refractivity contribution in [3.63, 3.8) is 0 Å². The minimum Gasteiger partial charge on any atom is -0.312 e. The number of nitrogens with zero attached hydrogens (tertiary/aromatic N) is 1. The monoisotopic (exact) mass is 226 g/mol. The molecular weight excluding hydrogens is 196 g/mol. The summed E-state index contributed by atoms with van der Waals surface area (Å²) in [6, 6.07) is 1.53. The first-order valence-corrected chi connectivity index (χ1v) is 7.21. The second-order valence-electron chi connectivity index (χ2n) is 5.29. The molecule has 2 nitrogen and oxygen atoms in total. The third kappa shape index (κ3) is 4.84. The van der Waals surface area contributed by atoms with Crippen LogP contribution in [0.25, 0.3) is 0 Å². The van der Waals surface area contributed by atoms with Crippen molar-refractivity contribution in [2.75, 3.05) is 20.1 Å². The summed E-state index contributed by atoms with van der Waals surface area (Å²) in [5.41, 5.74) is 0. The smallest absolute Gasteiger partial charge is 0.0217 e. The van der Waals surface area contributed by atoms with Crippen molar-refractivity contribution >= 4 is 0 Å². The highest BCUT2D eigenvalue weighted by Gasteiger charge is 2.19. The van der Waals surface area contributed by atoms with Crippen molar-refractivity contribution in [2.45, 2.75) is 70.9 Å². The van der Waals surface area contributed by atoms with Gasteiger partial charge in [0.25, 0.3) is 0 Å². The normalized spacial score (nSPS) is 24.6. The first-order chi connectivity index (χ1) is 7.77. The van der Waals surface area contributed by atoms with Crippen LogP contribution < -0.4 is 5.32 Å². The maximum absolute atomic E-state index is 3.76. The van der Waals surface area contributed by atoms with Gasteiger partial charge in [-0.2, -0.15) is 0 Å². The van der Waals surface area contributed by atoms with Crippen LogP contribution >= 0.6 is 0 Å². The Labute approximate surface area is 102 Å². The summed E-state index contributed by atoms with van der Waals surface area (Å²) in [4.78, 5) is 2.53. The number of likely N-dealkylation sites (N-methyl/N-ethyl adjacent to an activating group) is 1. The van der Waals surface area contributed by atoms with E-state index in [9.17, 15) is 0 Å². The molecule has 16 heavy (non-hydrogen) atoms. The van der Waals surface area contributed by atoms with Gasteiger partial charge in [0.05, 0.1) is 0 Å². The van der Waals surface area contributed by atoms with Crippen LogP contribution in [0.5, 0.6) is 0 Å². The molecule has 0 aliphatic carbocycles. The fraction of sp³-hybridized carbons (Fsp3) is 1.00. The molecule has 1 N–H and O–H groups in total. The third-order valence-electron chi connectivity index (χ3n) is 3.96.